The molecule has 0 aromatic carbocycles. The number of carboxylic acid groups (broad SMARTS) is 1. The smallest absolute Gasteiger partial charge is 0.372 e. The molecular weight excluding hydrogens is 260 g/mol. The number of nitrogens with zero attached hydrogens (tertiary/aromatic N) is 1. The quantitative estimate of drug-likeness (QED) is 0.850. The van der Waals surface area contributed by atoms with Gasteiger partial charge in [-0.3, -0.25) is 9.69 Å². The van der Waals surface area contributed by atoms with Gasteiger partial charge in [0.25, 0.3) is 0 Å². The van der Waals surface area contributed by atoms with Crippen molar-refractivity contribution in [2.75, 3.05) is 19.6 Å². The Morgan fingerprint density at radius 2 is 2.15 bits per heavy atom. The molecule has 1 amide bonds. The van der Waals surface area contributed by atoms with Crippen LogP contribution in [0.2, 0.25) is 0 Å². The first-order valence-corrected chi connectivity index (χ1v) is 6.82. The number of amides is 1. The summed E-state index contributed by atoms with van der Waals surface area (Å²) in [5, 5.41) is 11.8. The third-order valence-electron chi connectivity index (χ3n) is 3.68. The third-order valence-corrected chi connectivity index (χ3v) is 3.68. The van der Waals surface area contributed by atoms with E-state index < -0.39 is 5.97 Å². The fraction of sp³-hybridized carbons (Fsp3) is 0.571. The number of carboxylic acids is 1. The van der Waals surface area contributed by atoms with Crippen molar-refractivity contribution in [3.63, 3.8) is 0 Å². The number of carbonyl (C=O) groups excluding carboxylic acids is 1. The molecule has 0 atom stereocenters. The van der Waals surface area contributed by atoms with Crippen molar-refractivity contribution < 1.29 is 19.1 Å². The Bertz CT molecular complexity index is 475. The average Bonchev–Trinajstić information content (AvgIpc) is 2.86. The number of furan rings is 1. The summed E-state index contributed by atoms with van der Waals surface area (Å²) < 4.78 is 4.98. The number of hydrogen-bond donors (Lipinski definition) is 2. The topological polar surface area (TPSA) is 82.8 Å². The summed E-state index contributed by atoms with van der Waals surface area (Å²) >= 11 is 0. The second kappa shape index (κ2) is 6.56. The number of rotatable bonds is 5. The zero-order chi connectivity index (χ0) is 14.5. The number of carbonyl (C=O) groups is 2. The van der Waals surface area contributed by atoms with Crippen molar-refractivity contribution in [3.05, 3.63) is 23.7 Å². The molecule has 1 saturated heterocycles. The van der Waals surface area contributed by atoms with E-state index in [2.05, 4.69) is 10.2 Å². The maximum absolute atomic E-state index is 11.0. The molecule has 6 nitrogen and oxygen atoms in total. The van der Waals surface area contributed by atoms with Gasteiger partial charge in [0.05, 0.1) is 6.26 Å². The molecule has 1 aliphatic heterocycles. The molecule has 1 aliphatic rings. The molecule has 6 heteroatoms. The number of piperidine rings is 1. The van der Waals surface area contributed by atoms with Gasteiger partial charge in [-0.2, -0.15) is 0 Å². The van der Waals surface area contributed by atoms with Crippen molar-refractivity contribution in [1.82, 2.24) is 10.2 Å². The maximum atomic E-state index is 11.0. The van der Waals surface area contributed by atoms with Crippen LogP contribution in [0.1, 0.15) is 35.9 Å². The third kappa shape index (κ3) is 3.84. The summed E-state index contributed by atoms with van der Waals surface area (Å²) in [6.45, 7) is 4.69. The lowest BCUT2D eigenvalue weighted by Gasteiger charge is -2.31. The van der Waals surface area contributed by atoms with Gasteiger partial charge >= 0.3 is 5.97 Å². The lowest BCUT2D eigenvalue weighted by atomic mass is 9.96. The summed E-state index contributed by atoms with van der Waals surface area (Å²) in [6, 6.07) is 1.72. The van der Waals surface area contributed by atoms with Gasteiger partial charge in [0.2, 0.25) is 11.7 Å². The number of hydrogen-bond acceptors (Lipinski definition) is 4. The van der Waals surface area contributed by atoms with Crippen LogP contribution in [0.25, 0.3) is 0 Å². The minimum Gasteiger partial charge on any atom is -0.475 e. The molecule has 2 rings (SSSR count). The van der Waals surface area contributed by atoms with Crippen molar-refractivity contribution >= 4 is 11.9 Å². The predicted molar refractivity (Wildman–Crippen MR) is 72.4 cm³/mol. The minimum absolute atomic E-state index is 0.0110. The standard InChI is InChI=1S/C14H20N2O4/c1-10(17)15-8-11-2-5-16(6-3-11)9-12-4-7-20-13(12)14(18)19/h4,7,11H,2-3,5-6,8-9H2,1H3,(H,15,17)(H,18,19). The summed E-state index contributed by atoms with van der Waals surface area (Å²) in [5.41, 5.74) is 0.720. The van der Waals surface area contributed by atoms with Crippen LogP contribution in [0, 0.1) is 5.92 Å². The Hall–Kier alpha value is -1.82. The van der Waals surface area contributed by atoms with E-state index in [4.69, 9.17) is 9.52 Å². The SMILES string of the molecule is CC(=O)NCC1CCN(Cc2ccoc2C(=O)O)CC1. The van der Waals surface area contributed by atoms with Crippen LogP contribution in [0.15, 0.2) is 16.7 Å². The van der Waals surface area contributed by atoms with Gasteiger partial charge in [-0.25, -0.2) is 4.79 Å². The zero-order valence-electron chi connectivity index (χ0n) is 11.6. The first kappa shape index (κ1) is 14.6. The number of nitrogens with one attached hydrogen (secondary N) is 1. The fourth-order valence-corrected chi connectivity index (χ4v) is 2.53. The van der Waals surface area contributed by atoms with Crippen LogP contribution < -0.4 is 5.32 Å². The van der Waals surface area contributed by atoms with E-state index in [1.165, 1.54) is 13.2 Å². The maximum Gasteiger partial charge on any atom is 0.372 e. The van der Waals surface area contributed by atoms with Crippen LogP contribution in [0.4, 0.5) is 0 Å². The van der Waals surface area contributed by atoms with E-state index >= 15 is 0 Å². The normalized spacial score (nSPS) is 17.1. The summed E-state index contributed by atoms with van der Waals surface area (Å²) in [4.78, 5) is 24.1. The molecule has 1 aromatic heterocycles. The molecule has 20 heavy (non-hydrogen) atoms. The van der Waals surface area contributed by atoms with Crippen LogP contribution in [-0.4, -0.2) is 41.5 Å². The average molecular weight is 280 g/mol. The summed E-state index contributed by atoms with van der Waals surface area (Å²) in [5.74, 6) is -0.466. The minimum atomic E-state index is -1.02. The van der Waals surface area contributed by atoms with E-state index in [0.29, 0.717) is 12.5 Å². The van der Waals surface area contributed by atoms with Crippen LogP contribution >= 0.6 is 0 Å². The van der Waals surface area contributed by atoms with Crippen LogP contribution in [-0.2, 0) is 11.3 Å². The van der Waals surface area contributed by atoms with Crippen molar-refractivity contribution in [1.29, 1.82) is 0 Å². The molecular formula is C14H20N2O4. The van der Waals surface area contributed by atoms with Gasteiger partial charge in [0, 0.05) is 25.6 Å². The number of aromatic carboxylic acids is 1. The molecule has 110 valence electrons. The highest BCUT2D eigenvalue weighted by Crippen LogP contribution is 2.20. The van der Waals surface area contributed by atoms with Gasteiger partial charge in [-0.15, -0.1) is 0 Å². The van der Waals surface area contributed by atoms with Crippen LogP contribution in [0.3, 0.4) is 0 Å². The molecule has 0 unspecified atom stereocenters. The highest BCUT2D eigenvalue weighted by molar-refractivity contribution is 5.86. The molecule has 0 bridgehead atoms. The number of likely N-dealkylation sites (tertiary alicyclic amines) is 1. The lowest BCUT2D eigenvalue weighted by molar-refractivity contribution is -0.119. The second-order valence-electron chi connectivity index (χ2n) is 5.24. The summed E-state index contributed by atoms with van der Waals surface area (Å²) in [7, 11) is 0. The Morgan fingerprint density at radius 1 is 1.45 bits per heavy atom. The van der Waals surface area contributed by atoms with E-state index in [1.54, 1.807) is 6.07 Å². The van der Waals surface area contributed by atoms with E-state index in [0.717, 1.165) is 38.0 Å². The van der Waals surface area contributed by atoms with Crippen LogP contribution in [0.5, 0.6) is 0 Å². The predicted octanol–water partition coefficient (Wildman–Crippen LogP) is 1.33. The zero-order valence-corrected chi connectivity index (χ0v) is 11.6. The second-order valence-corrected chi connectivity index (χ2v) is 5.24. The Morgan fingerprint density at radius 3 is 2.75 bits per heavy atom. The Labute approximate surface area is 117 Å². The molecule has 0 aliphatic carbocycles. The van der Waals surface area contributed by atoms with Gasteiger partial charge < -0.3 is 14.8 Å². The summed E-state index contributed by atoms with van der Waals surface area (Å²) in [6.07, 6.45) is 3.45. The highest BCUT2D eigenvalue weighted by atomic mass is 16.4. The Balaban J connectivity index is 1.81. The Kier molecular flexibility index (Phi) is 4.79. The molecule has 1 fully saturated rings. The van der Waals surface area contributed by atoms with E-state index in [-0.39, 0.29) is 11.7 Å². The first-order chi connectivity index (χ1) is 9.56. The lowest BCUT2D eigenvalue weighted by Crippen LogP contribution is -2.37. The largest absolute Gasteiger partial charge is 0.475 e. The van der Waals surface area contributed by atoms with Gasteiger partial charge in [0.1, 0.15) is 0 Å². The van der Waals surface area contributed by atoms with Gasteiger partial charge in [-0.1, -0.05) is 0 Å². The molecule has 0 saturated carbocycles. The van der Waals surface area contributed by atoms with Gasteiger partial charge in [0.15, 0.2) is 0 Å². The van der Waals surface area contributed by atoms with Gasteiger partial charge in [-0.05, 0) is 37.9 Å². The van der Waals surface area contributed by atoms with Crippen molar-refractivity contribution in [2.24, 2.45) is 5.92 Å². The first-order valence-electron chi connectivity index (χ1n) is 6.82. The molecule has 1 aromatic rings. The van der Waals surface area contributed by atoms with Crippen molar-refractivity contribution in [3.8, 4) is 0 Å². The highest BCUT2D eigenvalue weighted by Gasteiger charge is 2.22. The molecule has 0 spiro atoms. The fourth-order valence-electron chi connectivity index (χ4n) is 2.53. The molecule has 2 heterocycles. The monoisotopic (exact) mass is 280 g/mol. The molecule has 2 N–H and O–H groups in total. The molecule has 0 radical (unpaired) electrons. The van der Waals surface area contributed by atoms with Crippen molar-refractivity contribution in [2.45, 2.75) is 26.3 Å². The van der Waals surface area contributed by atoms with E-state index in [9.17, 15) is 9.59 Å². The van der Waals surface area contributed by atoms with E-state index in [1.807, 2.05) is 0 Å².